The van der Waals surface area contributed by atoms with Crippen LogP contribution in [-0.2, 0) is 16.4 Å². The van der Waals surface area contributed by atoms with Crippen molar-refractivity contribution in [2.75, 3.05) is 10.8 Å². The van der Waals surface area contributed by atoms with Crippen LogP contribution < -0.4 is 4.31 Å². The van der Waals surface area contributed by atoms with Crippen molar-refractivity contribution < 1.29 is 18.3 Å². The number of carbonyl (C=O) groups is 1. The minimum absolute atomic E-state index is 0.172. The number of hydrogen-bond acceptors (Lipinski definition) is 4. The highest BCUT2D eigenvalue weighted by Gasteiger charge is 2.33. The van der Waals surface area contributed by atoms with E-state index in [-0.39, 0.29) is 9.77 Å². The van der Waals surface area contributed by atoms with Gasteiger partial charge in [0.25, 0.3) is 10.0 Å². The summed E-state index contributed by atoms with van der Waals surface area (Å²) in [6, 6.07) is 6.22. The highest BCUT2D eigenvalue weighted by Crippen LogP contribution is 2.37. The van der Waals surface area contributed by atoms with Crippen molar-refractivity contribution in [1.82, 2.24) is 0 Å². The molecule has 1 aromatic carbocycles. The predicted molar refractivity (Wildman–Crippen MR) is 83.7 cm³/mol. The fourth-order valence-electron chi connectivity index (χ4n) is 2.32. The maximum Gasteiger partial charge on any atom is 0.335 e. The van der Waals surface area contributed by atoms with Crippen molar-refractivity contribution in [3.05, 3.63) is 45.2 Å². The van der Waals surface area contributed by atoms with Crippen LogP contribution in [0.4, 0.5) is 5.69 Å². The summed E-state index contributed by atoms with van der Waals surface area (Å²) in [6.45, 7) is 0.324. The van der Waals surface area contributed by atoms with Gasteiger partial charge in [-0.15, -0.1) is 11.3 Å². The third-order valence-electron chi connectivity index (χ3n) is 3.29. The Kier molecular flexibility index (Phi) is 3.54. The lowest BCUT2D eigenvalue weighted by molar-refractivity contribution is 0.0697. The monoisotopic (exact) mass is 387 g/mol. The number of nitrogens with zero attached hydrogens (tertiary/aromatic N) is 1. The first kappa shape index (κ1) is 14.6. The van der Waals surface area contributed by atoms with Crippen LogP contribution in [0.25, 0.3) is 0 Å². The third kappa shape index (κ3) is 2.37. The molecule has 0 aliphatic carbocycles. The lowest BCUT2D eigenvalue weighted by Gasteiger charge is -2.18. The first-order chi connectivity index (χ1) is 9.91. The van der Waals surface area contributed by atoms with Gasteiger partial charge in [0, 0.05) is 11.0 Å². The van der Waals surface area contributed by atoms with Crippen molar-refractivity contribution in [2.24, 2.45) is 0 Å². The predicted octanol–water partition coefficient (Wildman–Crippen LogP) is 2.96. The summed E-state index contributed by atoms with van der Waals surface area (Å²) in [5.74, 6) is -1.01. The molecule has 0 radical (unpaired) electrons. The first-order valence-electron chi connectivity index (χ1n) is 6.03. The average molecular weight is 388 g/mol. The number of benzene rings is 1. The summed E-state index contributed by atoms with van der Waals surface area (Å²) in [4.78, 5) is 11.0. The van der Waals surface area contributed by atoms with E-state index >= 15 is 0 Å². The number of halogens is 1. The van der Waals surface area contributed by atoms with Gasteiger partial charge in [-0.25, -0.2) is 13.2 Å². The van der Waals surface area contributed by atoms with Crippen LogP contribution in [0.15, 0.2) is 38.3 Å². The minimum atomic E-state index is -3.61. The molecule has 0 atom stereocenters. The number of thiophene rings is 1. The largest absolute Gasteiger partial charge is 0.478 e. The van der Waals surface area contributed by atoms with E-state index in [2.05, 4.69) is 15.9 Å². The summed E-state index contributed by atoms with van der Waals surface area (Å²) in [5.41, 5.74) is 1.47. The van der Waals surface area contributed by atoms with Gasteiger partial charge >= 0.3 is 5.97 Å². The number of fused-ring (bicyclic) bond motifs is 1. The van der Waals surface area contributed by atoms with Crippen LogP contribution in [0, 0.1) is 0 Å². The molecule has 2 aromatic rings. The standard InChI is InChI=1S/C13H10BrNO4S2/c14-10-4-6-20-13(10)21(18,19)15-5-3-8-7-9(12(16)17)1-2-11(8)15/h1-2,4,6-7H,3,5H2,(H,16,17). The van der Waals surface area contributed by atoms with Gasteiger partial charge in [0.05, 0.1) is 11.3 Å². The molecule has 0 spiro atoms. The summed E-state index contributed by atoms with van der Waals surface area (Å²) in [7, 11) is -3.61. The first-order valence-corrected chi connectivity index (χ1v) is 9.14. The molecule has 2 heterocycles. The van der Waals surface area contributed by atoms with Crippen molar-refractivity contribution in [2.45, 2.75) is 10.6 Å². The summed E-state index contributed by atoms with van der Waals surface area (Å²) in [6.07, 6.45) is 0.513. The molecule has 0 saturated heterocycles. The highest BCUT2D eigenvalue weighted by atomic mass is 79.9. The Balaban J connectivity index is 2.06. The van der Waals surface area contributed by atoms with E-state index in [0.29, 0.717) is 23.1 Å². The minimum Gasteiger partial charge on any atom is -0.478 e. The fourth-order valence-corrected chi connectivity index (χ4v) is 6.23. The zero-order valence-corrected chi connectivity index (χ0v) is 13.8. The third-order valence-corrected chi connectivity index (χ3v) is 7.75. The molecule has 110 valence electrons. The SMILES string of the molecule is O=C(O)c1ccc2c(c1)CCN2S(=O)(=O)c1sccc1Br. The van der Waals surface area contributed by atoms with E-state index in [1.54, 1.807) is 17.5 Å². The Morgan fingerprint density at radius 2 is 2.10 bits per heavy atom. The van der Waals surface area contributed by atoms with Gasteiger partial charge in [-0.05, 0) is 57.6 Å². The highest BCUT2D eigenvalue weighted by molar-refractivity contribution is 9.10. The van der Waals surface area contributed by atoms with Crippen molar-refractivity contribution in [1.29, 1.82) is 0 Å². The molecule has 1 aliphatic heterocycles. The van der Waals surface area contributed by atoms with Crippen molar-refractivity contribution in [3.8, 4) is 0 Å². The van der Waals surface area contributed by atoms with Gasteiger partial charge < -0.3 is 5.11 Å². The molecule has 1 aliphatic rings. The van der Waals surface area contributed by atoms with E-state index in [9.17, 15) is 13.2 Å². The normalized spacial score (nSPS) is 14.2. The number of sulfonamides is 1. The number of aromatic carboxylic acids is 1. The number of carboxylic acids is 1. The summed E-state index contributed by atoms with van der Waals surface area (Å²) < 4.78 is 27.5. The fraction of sp³-hybridized carbons (Fsp3) is 0.154. The molecule has 0 unspecified atom stereocenters. The maximum absolute atomic E-state index is 12.7. The van der Waals surface area contributed by atoms with Gasteiger partial charge in [0.1, 0.15) is 0 Å². The number of rotatable bonds is 3. The van der Waals surface area contributed by atoms with Crippen LogP contribution >= 0.6 is 27.3 Å². The van der Waals surface area contributed by atoms with Crippen LogP contribution in [0.1, 0.15) is 15.9 Å². The molecular weight excluding hydrogens is 378 g/mol. The molecule has 8 heteroatoms. The Hall–Kier alpha value is -1.38. The van der Waals surface area contributed by atoms with Gasteiger partial charge in [0.15, 0.2) is 4.21 Å². The number of carboxylic acid groups (broad SMARTS) is 1. The molecule has 3 rings (SSSR count). The van der Waals surface area contributed by atoms with Crippen LogP contribution in [0.5, 0.6) is 0 Å². The zero-order chi connectivity index (χ0) is 15.2. The molecule has 0 fully saturated rings. The summed E-state index contributed by atoms with van der Waals surface area (Å²) in [5, 5.41) is 10.7. The van der Waals surface area contributed by atoms with Gasteiger partial charge in [0.2, 0.25) is 0 Å². The lowest BCUT2D eigenvalue weighted by atomic mass is 10.1. The second kappa shape index (κ2) is 5.11. The molecule has 1 aromatic heterocycles. The van der Waals surface area contributed by atoms with E-state index in [4.69, 9.17) is 5.11 Å². The van der Waals surface area contributed by atoms with Crippen molar-refractivity contribution in [3.63, 3.8) is 0 Å². The second-order valence-electron chi connectivity index (χ2n) is 4.53. The van der Waals surface area contributed by atoms with Crippen LogP contribution in [-0.4, -0.2) is 26.0 Å². The van der Waals surface area contributed by atoms with E-state index in [1.165, 1.54) is 16.4 Å². The maximum atomic E-state index is 12.7. The molecular formula is C13H10BrNO4S2. The van der Waals surface area contributed by atoms with Gasteiger partial charge in [-0.3, -0.25) is 4.31 Å². The molecule has 0 saturated carbocycles. The Morgan fingerprint density at radius 3 is 2.71 bits per heavy atom. The van der Waals surface area contributed by atoms with Crippen LogP contribution in [0.2, 0.25) is 0 Å². The average Bonchev–Trinajstić information content (AvgIpc) is 3.03. The van der Waals surface area contributed by atoms with E-state index in [1.807, 2.05) is 0 Å². The second-order valence-corrected chi connectivity index (χ2v) is 8.36. The van der Waals surface area contributed by atoms with Gasteiger partial charge in [-0.1, -0.05) is 0 Å². The van der Waals surface area contributed by atoms with Gasteiger partial charge in [-0.2, -0.15) is 0 Å². The zero-order valence-electron chi connectivity index (χ0n) is 10.6. The molecule has 21 heavy (non-hydrogen) atoms. The van der Waals surface area contributed by atoms with E-state index < -0.39 is 16.0 Å². The van der Waals surface area contributed by atoms with E-state index in [0.717, 1.165) is 16.9 Å². The Labute approximate surface area is 134 Å². The smallest absolute Gasteiger partial charge is 0.335 e. The molecule has 0 amide bonds. The Bertz CT molecular complexity index is 828. The quantitative estimate of drug-likeness (QED) is 0.878. The molecule has 1 N–H and O–H groups in total. The number of anilines is 1. The molecule has 0 bridgehead atoms. The Morgan fingerprint density at radius 1 is 1.33 bits per heavy atom. The lowest BCUT2D eigenvalue weighted by Crippen LogP contribution is -2.28. The summed E-state index contributed by atoms with van der Waals surface area (Å²) >= 11 is 4.40. The topological polar surface area (TPSA) is 74.7 Å². The van der Waals surface area contributed by atoms with Crippen molar-refractivity contribution >= 4 is 48.9 Å². The van der Waals surface area contributed by atoms with Crippen LogP contribution in [0.3, 0.4) is 0 Å². The molecule has 5 nitrogen and oxygen atoms in total. The number of hydrogen-bond donors (Lipinski definition) is 1.